The van der Waals surface area contributed by atoms with E-state index in [4.69, 9.17) is 27.9 Å². The first kappa shape index (κ1) is 21.7. The molecule has 0 saturated heterocycles. The minimum atomic E-state index is -0.236. The second-order valence-electron chi connectivity index (χ2n) is 7.74. The number of rotatable bonds is 5. The van der Waals surface area contributed by atoms with Gasteiger partial charge in [-0.2, -0.15) is 0 Å². The maximum atomic E-state index is 12.4. The zero-order chi connectivity index (χ0) is 21.0. The number of hydrogen-bond acceptors (Lipinski definition) is 3. The van der Waals surface area contributed by atoms with Gasteiger partial charge in [0.1, 0.15) is 0 Å². The lowest BCUT2D eigenvalue weighted by atomic mass is 9.78. The molecule has 0 aromatic heterocycles. The van der Waals surface area contributed by atoms with E-state index in [1.807, 2.05) is 38.1 Å². The van der Waals surface area contributed by atoms with E-state index in [0.717, 1.165) is 31.4 Å². The van der Waals surface area contributed by atoms with Gasteiger partial charge in [-0.15, -0.1) is 0 Å². The Labute approximate surface area is 181 Å². The molecule has 2 aromatic carbocycles. The van der Waals surface area contributed by atoms with Crippen LogP contribution >= 0.6 is 23.2 Å². The lowest BCUT2D eigenvalue weighted by Crippen LogP contribution is -2.25. The van der Waals surface area contributed by atoms with Crippen LogP contribution in [0.1, 0.15) is 61.4 Å². The standard InChI is InChI=1S/C23H25Cl2NO3/c1-14(2)29-23(28)17-5-3-15(4-6-17)16-7-10-19(11-8-16)26-22(27)18-9-12-20(24)21(25)13-18/h7-15,17H,3-6H2,1-2H3,(H,26,27). The first-order valence-corrected chi connectivity index (χ1v) is 10.7. The molecule has 1 saturated carbocycles. The van der Waals surface area contributed by atoms with Crippen LogP contribution in [0.25, 0.3) is 0 Å². The molecule has 29 heavy (non-hydrogen) atoms. The van der Waals surface area contributed by atoms with Crippen molar-refractivity contribution in [3.8, 4) is 0 Å². The van der Waals surface area contributed by atoms with Crippen LogP contribution in [0, 0.1) is 5.92 Å². The summed E-state index contributed by atoms with van der Waals surface area (Å²) in [6, 6.07) is 12.7. The minimum Gasteiger partial charge on any atom is -0.463 e. The molecule has 1 aliphatic carbocycles. The Morgan fingerprint density at radius 2 is 1.62 bits per heavy atom. The van der Waals surface area contributed by atoms with Crippen molar-refractivity contribution in [2.75, 3.05) is 5.32 Å². The van der Waals surface area contributed by atoms with Gasteiger partial charge in [-0.3, -0.25) is 9.59 Å². The summed E-state index contributed by atoms with van der Waals surface area (Å²) < 4.78 is 5.34. The van der Waals surface area contributed by atoms with Crippen LogP contribution in [0.15, 0.2) is 42.5 Å². The fraction of sp³-hybridized carbons (Fsp3) is 0.391. The number of benzene rings is 2. The van der Waals surface area contributed by atoms with Gasteiger partial charge in [0.2, 0.25) is 0 Å². The van der Waals surface area contributed by atoms with Gasteiger partial charge in [-0.1, -0.05) is 35.3 Å². The largest absolute Gasteiger partial charge is 0.463 e. The van der Waals surface area contributed by atoms with Crippen LogP contribution in [0.4, 0.5) is 5.69 Å². The summed E-state index contributed by atoms with van der Waals surface area (Å²) >= 11 is 11.9. The molecule has 0 aliphatic heterocycles. The number of anilines is 1. The molecule has 1 aliphatic rings. The van der Waals surface area contributed by atoms with Crippen molar-refractivity contribution < 1.29 is 14.3 Å². The molecule has 0 spiro atoms. The maximum absolute atomic E-state index is 12.4. The van der Waals surface area contributed by atoms with Crippen molar-refractivity contribution in [3.05, 3.63) is 63.6 Å². The predicted octanol–water partition coefficient (Wildman–Crippen LogP) is 6.47. The van der Waals surface area contributed by atoms with Gasteiger partial charge < -0.3 is 10.1 Å². The second kappa shape index (κ2) is 9.64. The summed E-state index contributed by atoms with van der Waals surface area (Å²) in [6.45, 7) is 3.76. The molecular weight excluding hydrogens is 409 g/mol. The number of carbonyl (C=O) groups excluding carboxylic acids is 2. The Morgan fingerprint density at radius 3 is 2.21 bits per heavy atom. The lowest BCUT2D eigenvalue weighted by molar-refractivity contribution is -0.153. The highest BCUT2D eigenvalue weighted by molar-refractivity contribution is 6.42. The number of carbonyl (C=O) groups is 2. The maximum Gasteiger partial charge on any atom is 0.309 e. The van der Waals surface area contributed by atoms with Crippen molar-refractivity contribution in [2.24, 2.45) is 5.92 Å². The summed E-state index contributed by atoms with van der Waals surface area (Å²) in [5.41, 5.74) is 2.40. The SMILES string of the molecule is CC(C)OC(=O)C1CCC(c2ccc(NC(=O)c3ccc(Cl)c(Cl)c3)cc2)CC1. The first-order valence-electron chi connectivity index (χ1n) is 9.90. The monoisotopic (exact) mass is 433 g/mol. The third-order valence-corrected chi connectivity index (χ3v) is 5.97. The molecule has 1 amide bonds. The van der Waals surface area contributed by atoms with E-state index in [2.05, 4.69) is 5.32 Å². The van der Waals surface area contributed by atoms with Crippen LogP contribution < -0.4 is 5.32 Å². The minimum absolute atomic E-state index is 0.0124. The summed E-state index contributed by atoms with van der Waals surface area (Å²) in [7, 11) is 0. The van der Waals surface area contributed by atoms with Gasteiger partial charge in [-0.05, 0) is 81.3 Å². The first-order chi connectivity index (χ1) is 13.8. The number of halogens is 2. The second-order valence-corrected chi connectivity index (χ2v) is 8.55. The van der Waals surface area contributed by atoms with Crippen molar-refractivity contribution in [2.45, 2.75) is 51.6 Å². The number of hydrogen-bond donors (Lipinski definition) is 1. The van der Waals surface area contributed by atoms with E-state index < -0.39 is 0 Å². The van der Waals surface area contributed by atoms with Gasteiger partial charge in [0.15, 0.2) is 0 Å². The highest BCUT2D eigenvalue weighted by atomic mass is 35.5. The zero-order valence-electron chi connectivity index (χ0n) is 16.6. The quantitative estimate of drug-likeness (QED) is 0.549. The van der Waals surface area contributed by atoms with Crippen LogP contribution in [-0.4, -0.2) is 18.0 Å². The predicted molar refractivity (Wildman–Crippen MR) is 117 cm³/mol. The molecule has 0 atom stereocenters. The van der Waals surface area contributed by atoms with Gasteiger partial charge in [0.25, 0.3) is 5.91 Å². The molecule has 0 unspecified atom stereocenters. The molecule has 1 fully saturated rings. The van der Waals surface area contributed by atoms with Gasteiger partial charge in [0, 0.05) is 11.3 Å². The van der Waals surface area contributed by atoms with Crippen LogP contribution in [0.2, 0.25) is 10.0 Å². The van der Waals surface area contributed by atoms with Crippen LogP contribution in [0.5, 0.6) is 0 Å². The van der Waals surface area contributed by atoms with Crippen molar-refractivity contribution in [1.29, 1.82) is 0 Å². The lowest BCUT2D eigenvalue weighted by Gasteiger charge is -2.28. The smallest absolute Gasteiger partial charge is 0.309 e. The van der Waals surface area contributed by atoms with E-state index in [1.165, 1.54) is 5.56 Å². The zero-order valence-corrected chi connectivity index (χ0v) is 18.1. The highest BCUT2D eigenvalue weighted by Crippen LogP contribution is 2.36. The average molecular weight is 434 g/mol. The van der Waals surface area contributed by atoms with E-state index in [0.29, 0.717) is 21.5 Å². The number of esters is 1. The van der Waals surface area contributed by atoms with Gasteiger partial charge in [0.05, 0.1) is 22.1 Å². The molecule has 3 rings (SSSR count). The van der Waals surface area contributed by atoms with Crippen molar-refractivity contribution in [3.63, 3.8) is 0 Å². The van der Waals surface area contributed by atoms with Crippen molar-refractivity contribution >= 4 is 40.8 Å². The molecule has 0 bridgehead atoms. The van der Waals surface area contributed by atoms with Crippen LogP contribution in [0.3, 0.4) is 0 Å². The molecule has 1 N–H and O–H groups in total. The number of amides is 1. The topological polar surface area (TPSA) is 55.4 Å². The summed E-state index contributed by atoms with van der Waals surface area (Å²) in [5, 5.41) is 3.64. The van der Waals surface area contributed by atoms with E-state index in [1.54, 1.807) is 18.2 Å². The van der Waals surface area contributed by atoms with Gasteiger partial charge >= 0.3 is 5.97 Å². The number of nitrogens with one attached hydrogen (secondary N) is 1. The molecule has 2 aromatic rings. The number of ether oxygens (including phenoxy) is 1. The van der Waals surface area contributed by atoms with Gasteiger partial charge in [-0.25, -0.2) is 0 Å². The Bertz CT molecular complexity index is 872. The third kappa shape index (κ3) is 5.74. The fourth-order valence-electron chi connectivity index (χ4n) is 3.67. The Balaban J connectivity index is 1.56. The van der Waals surface area contributed by atoms with E-state index >= 15 is 0 Å². The third-order valence-electron chi connectivity index (χ3n) is 5.23. The van der Waals surface area contributed by atoms with Crippen molar-refractivity contribution in [1.82, 2.24) is 0 Å². The Kier molecular flexibility index (Phi) is 7.20. The highest BCUT2D eigenvalue weighted by Gasteiger charge is 2.28. The van der Waals surface area contributed by atoms with E-state index in [-0.39, 0.29) is 23.9 Å². The molecular formula is C23H25Cl2NO3. The Hall–Kier alpha value is -2.04. The summed E-state index contributed by atoms with van der Waals surface area (Å²) in [6.07, 6.45) is 3.57. The fourth-order valence-corrected chi connectivity index (χ4v) is 3.97. The summed E-state index contributed by atoms with van der Waals surface area (Å²) in [4.78, 5) is 24.5. The molecule has 154 valence electrons. The molecule has 0 radical (unpaired) electrons. The molecule has 0 heterocycles. The molecule has 6 heteroatoms. The average Bonchev–Trinajstić information content (AvgIpc) is 2.70. The Morgan fingerprint density at radius 1 is 0.966 bits per heavy atom. The normalized spacial score (nSPS) is 19.1. The van der Waals surface area contributed by atoms with E-state index in [9.17, 15) is 9.59 Å². The summed E-state index contributed by atoms with van der Waals surface area (Å²) in [5.74, 6) is 0.135. The van der Waals surface area contributed by atoms with Crippen LogP contribution in [-0.2, 0) is 9.53 Å². The molecule has 4 nitrogen and oxygen atoms in total.